The summed E-state index contributed by atoms with van der Waals surface area (Å²) in [5.41, 5.74) is 5.88. The Bertz CT molecular complexity index is 552. The number of benzene rings is 2. The number of hydrogen-bond acceptors (Lipinski definition) is 3. The van der Waals surface area contributed by atoms with Gasteiger partial charge in [0, 0.05) is 18.7 Å². The maximum atomic E-state index is 11.9. The number of phenols is 1. The van der Waals surface area contributed by atoms with Crippen LogP contribution < -0.4 is 11.1 Å². The summed E-state index contributed by atoms with van der Waals surface area (Å²) in [5, 5.41) is 13.8. The summed E-state index contributed by atoms with van der Waals surface area (Å²) in [5.74, 6) is -0.0248. The molecule has 0 saturated heterocycles. The van der Waals surface area contributed by atoms with Crippen molar-refractivity contribution in [3.63, 3.8) is 0 Å². The molecule has 0 heterocycles. The molecule has 4 heteroatoms. The normalized spacial score (nSPS) is 10.4. The van der Waals surface area contributed by atoms with Crippen molar-refractivity contribution in [2.75, 3.05) is 13.1 Å². The molecule has 0 aromatic heterocycles. The third-order valence-corrected chi connectivity index (χ3v) is 2.54. The summed E-state index contributed by atoms with van der Waals surface area (Å²) in [6.07, 6.45) is 0. The van der Waals surface area contributed by atoms with Gasteiger partial charge in [0.15, 0.2) is 0 Å². The van der Waals surface area contributed by atoms with Crippen LogP contribution in [-0.2, 0) is 0 Å². The highest BCUT2D eigenvalue weighted by Crippen LogP contribution is 2.23. The molecule has 0 fully saturated rings. The molecule has 0 aliphatic rings. The summed E-state index contributed by atoms with van der Waals surface area (Å²) < 4.78 is 0. The zero-order valence-electron chi connectivity index (χ0n) is 9.31. The lowest BCUT2D eigenvalue weighted by atomic mass is 10.0. The smallest absolute Gasteiger partial charge is 0.251 e. The molecule has 2 aromatic rings. The number of nitrogens with two attached hydrogens (primary N) is 1. The first-order chi connectivity index (χ1) is 8.22. The molecule has 0 aliphatic carbocycles. The van der Waals surface area contributed by atoms with E-state index in [0.29, 0.717) is 18.7 Å². The molecule has 1 amide bonds. The molecule has 4 nitrogen and oxygen atoms in total. The van der Waals surface area contributed by atoms with Gasteiger partial charge in [0.2, 0.25) is 0 Å². The third-order valence-electron chi connectivity index (χ3n) is 2.54. The molecule has 0 unspecified atom stereocenters. The summed E-state index contributed by atoms with van der Waals surface area (Å²) in [6, 6.07) is 10.4. The van der Waals surface area contributed by atoms with Crippen LogP contribution in [0.4, 0.5) is 0 Å². The predicted molar refractivity (Wildman–Crippen MR) is 67.0 cm³/mol. The summed E-state index contributed by atoms with van der Waals surface area (Å²) in [4.78, 5) is 11.9. The van der Waals surface area contributed by atoms with Crippen LogP contribution in [0.15, 0.2) is 36.4 Å². The molecule has 0 aliphatic heterocycles. The molecule has 0 spiro atoms. The van der Waals surface area contributed by atoms with Crippen molar-refractivity contribution in [2.45, 2.75) is 0 Å². The highest BCUT2D eigenvalue weighted by Gasteiger charge is 2.09. The van der Waals surface area contributed by atoms with Gasteiger partial charge in [0.1, 0.15) is 5.75 Å². The Morgan fingerprint density at radius 1 is 1.29 bits per heavy atom. The average molecular weight is 230 g/mol. The second-order valence-corrected chi connectivity index (χ2v) is 3.76. The third kappa shape index (κ3) is 2.37. The maximum absolute atomic E-state index is 11.9. The minimum atomic E-state index is -0.174. The van der Waals surface area contributed by atoms with Gasteiger partial charge in [0.25, 0.3) is 5.91 Å². The number of amides is 1. The fourth-order valence-electron chi connectivity index (χ4n) is 1.74. The number of fused-ring (bicyclic) bond motifs is 1. The van der Waals surface area contributed by atoms with Crippen molar-refractivity contribution in [1.29, 1.82) is 0 Å². The highest BCUT2D eigenvalue weighted by atomic mass is 16.3. The van der Waals surface area contributed by atoms with Crippen LogP contribution in [0.5, 0.6) is 5.75 Å². The van der Waals surface area contributed by atoms with Crippen molar-refractivity contribution in [2.24, 2.45) is 5.73 Å². The van der Waals surface area contributed by atoms with Crippen LogP contribution >= 0.6 is 0 Å². The molecule has 0 atom stereocenters. The van der Waals surface area contributed by atoms with Crippen molar-refractivity contribution in [1.82, 2.24) is 5.32 Å². The molecular formula is C13H14N2O2. The number of hydrogen-bond donors (Lipinski definition) is 3. The monoisotopic (exact) mass is 230 g/mol. The molecule has 0 radical (unpaired) electrons. The van der Waals surface area contributed by atoms with E-state index in [0.717, 1.165) is 10.8 Å². The van der Waals surface area contributed by atoms with Gasteiger partial charge in [-0.05, 0) is 29.0 Å². The summed E-state index contributed by atoms with van der Waals surface area (Å²) in [6.45, 7) is 0.843. The number of rotatable bonds is 3. The predicted octanol–water partition coefficient (Wildman–Crippen LogP) is 1.23. The van der Waals surface area contributed by atoms with E-state index in [9.17, 15) is 9.90 Å². The van der Waals surface area contributed by atoms with Crippen LogP contribution in [0.3, 0.4) is 0 Å². The van der Waals surface area contributed by atoms with E-state index in [1.807, 2.05) is 12.1 Å². The Morgan fingerprint density at radius 2 is 2.12 bits per heavy atom. The molecule has 0 bridgehead atoms. The van der Waals surface area contributed by atoms with E-state index in [2.05, 4.69) is 5.32 Å². The lowest BCUT2D eigenvalue weighted by Gasteiger charge is -2.07. The van der Waals surface area contributed by atoms with E-state index in [-0.39, 0.29) is 11.7 Å². The topological polar surface area (TPSA) is 75.3 Å². The SMILES string of the molecule is NCCNC(=O)c1cccc2ccc(O)cc12. The second-order valence-electron chi connectivity index (χ2n) is 3.76. The number of nitrogens with one attached hydrogen (secondary N) is 1. The van der Waals surface area contributed by atoms with Crippen molar-refractivity contribution >= 4 is 16.7 Å². The number of phenolic OH excluding ortho intramolecular Hbond substituents is 1. The minimum Gasteiger partial charge on any atom is -0.508 e. The first-order valence-electron chi connectivity index (χ1n) is 5.42. The Morgan fingerprint density at radius 3 is 2.88 bits per heavy atom. The molecular weight excluding hydrogens is 216 g/mol. The minimum absolute atomic E-state index is 0.150. The van der Waals surface area contributed by atoms with Crippen LogP contribution in [0.25, 0.3) is 10.8 Å². The van der Waals surface area contributed by atoms with Gasteiger partial charge in [-0.2, -0.15) is 0 Å². The van der Waals surface area contributed by atoms with E-state index in [1.165, 1.54) is 0 Å². The van der Waals surface area contributed by atoms with Crippen LogP contribution in [-0.4, -0.2) is 24.1 Å². The quantitative estimate of drug-likeness (QED) is 0.742. The van der Waals surface area contributed by atoms with E-state index in [1.54, 1.807) is 24.3 Å². The first kappa shape index (κ1) is 11.4. The molecule has 2 aromatic carbocycles. The largest absolute Gasteiger partial charge is 0.508 e. The highest BCUT2D eigenvalue weighted by molar-refractivity contribution is 6.07. The van der Waals surface area contributed by atoms with Gasteiger partial charge in [-0.1, -0.05) is 18.2 Å². The van der Waals surface area contributed by atoms with Crippen molar-refractivity contribution < 1.29 is 9.90 Å². The fourth-order valence-corrected chi connectivity index (χ4v) is 1.74. The number of carbonyl (C=O) groups excluding carboxylic acids is 1. The lowest BCUT2D eigenvalue weighted by molar-refractivity contribution is 0.0956. The Kier molecular flexibility index (Phi) is 3.25. The van der Waals surface area contributed by atoms with Gasteiger partial charge in [-0.3, -0.25) is 4.79 Å². The molecule has 2 rings (SSSR count). The van der Waals surface area contributed by atoms with E-state index < -0.39 is 0 Å². The standard InChI is InChI=1S/C13H14N2O2/c14-6-7-15-13(17)11-3-1-2-9-4-5-10(16)8-12(9)11/h1-5,8,16H,6-7,14H2,(H,15,17). The maximum Gasteiger partial charge on any atom is 0.251 e. The van der Waals surface area contributed by atoms with E-state index in [4.69, 9.17) is 5.73 Å². The lowest BCUT2D eigenvalue weighted by Crippen LogP contribution is -2.29. The molecule has 4 N–H and O–H groups in total. The van der Waals surface area contributed by atoms with Crippen LogP contribution in [0, 0.1) is 0 Å². The number of aromatic hydroxyl groups is 1. The summed E-state index contributed by atoms with van der Waals surface area (Å²) >= 11 is 0. The number of carbonyl (C=O) groups is 1. The van der Waals surface area contributed by atoms with Crippen molar-refractivity contribution in [3.05, 3.63) is 42.0 Å². The molecule has 0 saturated carbocycles. The fraction of sp³-hybridized carbons (Fsp3) is 0.154. The van der Waals surface area contributed by atoms with E-state index >= 15 is 0 Å². The zero-order valence-corrected chi connectivity index (χ0v) is 9.31. The zero-order chi connectivity index (χ0) is 12.3. The molecule has 17 heavy (non-hydrogen) atoms. The second kappa shape index (κ2) is 4.84. The Balaban J connectivity index is 2.46. The van der Waals surface area contributed by atoms with Gasteiger partial charge >= 0.3 is 0 Å². The van der Waals surface area contributed by atoms with Crippen molar-refractivity contribution in [3.8, 4) is 5.75 Å². The van der Waals surface area contributed by atoms with Gasteiger partial charge < -0.3 is 16.2 Å². The Labute approximate surface area is 99.1 Å². The van der Waals surface area contributed by atoms with Crippen LogP contribution in [0.1, 0.15) is 10.4 Å². The first-order valence-corrected chi connectivity index (χ1v) is 5.42. The van der Waals surface area contributed by atoms with Gasteiger partial charge in [0.05, 0.1) is 0 Å². The van der Waals surface area contributed by atoms with Gasteiger partial charge in [-0.25, -0.2) is 0 Å². The molecule has 88 valence electrons. The van der Waals surface area contributed by atoms with Crippen LogP contribution in [0.2, 0.25) is 0 Å². The summed E-state index contributed by atoms with van der Waals surface area (Å²) in [7, 11) is 0. The van der Waals surface area contributed by atoms with Gasteiger partial charge in [-0.15, -0.1) is 0 Å². The average Bonchev–Trinajstić information content (AvgIpc) is 2.35. The Hall–Kier alpha value is -2.07.